The lowest BCUT2D eigenvalue weighted by atomic mass is 10.0. The van der Waals surface area contributed by atoms with E-state index >= 15 is 0 Å². The molecule has 17 heavy (non-hydrogen) atoms. The topological polar surface area (TPSA) is 23.5 Å². The van der Waals surface area contributed by atoms with E-state index in [-0.39, 0.29) is 0 Å². The van der Waals surface area contributed by atoms with Gasteiger partial charge in [0.25, 0.3) is 0 Å². The molecule has 0 saturated carbocycles. The second-order valence-electron chi connectivity index (χ2n) is 4.62. The number of aliphatic hydroxyl groups is 1. The van der Waals surface area contributed by atoms with Crippen LogP contribution in [0.3, 0.4) is 0 Å². The van der Waals surface area contributed by atoms with E-state index < -0.39 is 6.10 Å². The molecule has 2 aromatic carbocycles. The van der Waals surface area contributed by atoms with E-state index in [2.05, 4.69) is 12.1 Å². The second-order valence-corrected chi connectivity index (χ2v) is 4.62. The first-order valence-electron chi connectivity index (χ1n) is 5.77. The average molecular weight is 225 g/mol. The second kappa shape index (κ2) is 3.60. The van der Waals surface area contributed by atoms with Crippen molar-refractivity contribution in [3.63, 3.8) is 0 Å². The Balaban J connectivity index is 2.30. The van der Waals surface area contributed by atoms with Crippen molar-refractivity contribution in [3.05, 3.63) is 53.6 Å². The fourth-order valence-corrected chi connectivity index (χ4v) is 2.60. The minimum Gasteiger partial charge on any atom is -0.384 e. The zero-order valence-corrected chi connectivity index (χ0v) is 10.0. The van der Waals surface area contributed by atoms with Gasteiger partial charge in [-0.2, -0.15) is 0 Å². The van der Waals surface area contributed by atoms with Gasteiger partial charge in [0, 0.05) is 25.3 Å². The van der Waals surface area contributed by atoms with E-state index in [1.807, 2.05) is 49.3 Å². The van der Waals surface area contributed by atoms with Crippen LogP contribution in [0.5, 0.6) is 0 Å². The molecule has 0 saturated heterocycles. The maximum atomic E-state index is 10.4. The molecule has 2 aromatic rings. The predicted octanol–water partition coefficient (Wildman–Crippen LogP) is 2.81. The molecule has 1 unspecified atom stereocenters. The molecule has 0 aliphatic heterocycles. The summed E-state index contributed by atoms with van der Waals surface area (Å²) in [7, 11) is 4.01. The standard InChI is InChI=1S/C15H15NO/c1-16(2)13-9-5-8-11-10-6-3-4-7-12(10)15(17)14(11)13/h3-9,15,17H,1-2H3. The Kier molecular flexibility index (Phi) is 2.20. The molecule has 0 fully saturated rings. The van der Waals surface area contributed by atoms with Gasteiger partial charge in [-0.05, 0) is 22.8 Å². The number of hydrogen-bond acceptors (Lipinski definition) is 2. The summed E-state index contributed by atoms with van der Waals surface area (Å²) >= 11 is 0. The average Bonchev–Trinajstić information content (AvgIpc) is 2.64. The number of rotatable bonds is 1. The maximum Gasteiger partial charge on any atom is 0.107 e. The van der Waals surface area contributed by atoms with Gasteiger partial charge >= 0.3 is 0 Å². The van der Waals surface area contributed by atoms with Gasteiger partial charge in [-0.15, -0.1) is 0 Å². The molecule has 0 aromatic heterocycles. The van der Waals surface area contributed by atoms with Gasteiger partial charge in [-0.25, -0.2) is 0 Å². The minimum atomic E-state index is -0.500. The van der Waals surface area contributed by atoms with Gasteiger partial charge in [-0.1, -0.05) is 36.4 Å². The van der Waals surface area contributed by atoms with Gasteiger partial charge in [0.2, 0.25) is 0 Å². The van der Waals surface area contributed by atoms with Gasteiger partial charge in [-0.3, -0.25) is 0 Å². The number of nitrogens with zero attached hydrogens (tertiary/aromatic N) is 1. The van der Waals surface area contributed by atoms with Crippen LogP contribution in [-0.2, 0) is 0 Å². The van der Waals surface area contributed by atoms with Crippen molar-refractivity contribution < 1.29 is 5.11 Å². The molecule has 1 N–H and O–H groups in total. The fraction of sp³-hybridized carbons (Fsp3) is 0.200. The zero-order chi connectivity index (χ0) is 12.0. The van der Waals surface area contributed by atoms with Gasteiger partial charge < -0.3 is 10.0 Å². The summed E-state index contributed by atoms with van der Waals surface area (Å²) in [4.78, 5) is 2.05. The summed E-state index contributed by atoms with van der Waals surface area (Å²) in [5, 5.41) is 10.4. The van der Waals surface area contributed by atoms with Gasteiger partial charge in [0.1, 0.15) is 6.10 Å². The summed E-state index contributed by atoms with van der Waals surface area (Å²) in [6.07, 6.45) is -0.500. The number of aliphatic hydroxyl groups excluding tert-OH is 1. The highest BCUT2D eigenvalue weighted by molar-refractivity contribution is 5.83. The molecule has 0 amide bonds. The van der Waals surface area contributed by atoms with Crippen LogP contribution in [0.4, 0.5) is 5.69 Å². The van der Waals surface area contributed by atoms with Crippen molar-refractivity contribution in [3.8, 4) is 11.1 Å². The molecule has 0 radical (unpaired) electrons. The Morgan fingerprint density at radius 2 is 1.65 bits per heavy atom. The van der Waals surface area contributed by atoms with Crippen molar-refractivity contribution in [2.75, 3.05) is 19.0 Å². The molecule has 2 heteroatoms. The Hall–Kier alpha value is -1.80. The molecular formula is C15H15NO. The molecule has 0 spiro atoms. The van der Waals surface area contributed by atoms with Crippen LogP contribution in [0, 0.1) is 0 Å². The van der Waals surface area contributed by atoms with E-state index in [0.717, 1.165) is 27.9 Å². The molecule has 1 aliphatic carbocycles. The predicted molar refractivity (Wildman–Crippen MR) is 70.3 cm³/mol. The molecule has 0 bridgehead atoms. The van der Waals surface area contributed by atoms with Crippen molar-refractivity contribution >= 4 is 5.69 Å². The molecule has 86 valence electrons. The lowest BCUT2D eigenvalue weighted by molar-refractivity contribution is 0.225. The third-order valence-corrected chi connectivity index (χ3v) is 3.38. The highest BCUT2D eigenvalue weighted by atomic mass is 16.3. The molecule has 1 aliphatic rings. The van der Waals surface area contributed by atoms with E-state index in [1.54, 1.807) is 0 Å². The summed E-state index contributed by atoms with van der Waals surface area (Å²) in [5.74, 6) is 0. The highest BCUT2D eigenvalue weighted by Gasteiger charge is 2.29. The zero-order valence-electron chi connectivity index (χ0n) is 10.0. The monoisotopic (exact) mass is 225 g/mol. The van der Waals surface area contributed by atoms with E-state index in [1.165, 1.54) is 0 Å². The lowest BCUT2D eigenvalue weighted by Gasteiger charge is -2.18. The number of benzene rings is 2. The highest BCUT2D eigenvalue weighted by Crippen LogP contribution is 2.46. The molecule has 3 rings (SSSR count). The minimum absolute atomic E-state index is 0.500. The summed E-state index contributed by atoms with van der Waals surface area (Å²) in [5.41, 5.74) is 5.43. The van der Waals surface area contributed by atoms with E-state index in [0.29, 0.717) is 0 Å². The third kappa shape index (κ3) is 1.38. The van der Waals surface area contributed by atoms with Crippen LogP contribution in [-0.4, -0.2) is 19.2 Å². The molecular weight excluding hydrogens is 210 g/mol. The first-order valence-corrected chi connectivity index (χ1v) is 5.77. The van der Waals surface area contributed by atoms with Crippen molar-refractivity contribution in [1.82, 2.24) is 0 Å². The van der Waals surface area contributed by atoms with Crippen molar-refractivity contribution in [2.24, 2.45) is 0 Å². The SMILES string of the molecule is CN(C)c1cccc2c1C(O)c1ccccc1-2. The number of fused-ring (bicyclic) bond motifs is 3. The summed E-state index contributed by atoms with van der Waals surface area (Å²) in [6, 6.07) is 14.2. The quantitative estimate of drug-likeness (QED) is 0.806. The Morgan fingerprint density at radius 1 is 0.941 bits per heavy atom. The van der Waals surface area contributed by atoms with Gasteiger partial charge in [0.05, 0.1) is 0 Å². The summed E-state index contributed by atoms with van der Waals surface area (Å²) < 4.78 is 0. The normalized spacial score (nSPS) is 16.5. The van der Waals surface area contributed by atoms with Crippen LogP contribution in [0.1, 0.15) is 17.2 Å². The first kappa shape index (κ1) is 10.4. The maximum absolute atomic E-state index is 10.4. The van der Waals surface area contributed by atoms with Crippen molar-refractivity contribution in [1.29, 1.82) is 0 Å². The smallest absolute Gasteiger partial charge is 0.107 e. The summed E-state index contributed by atoms with van der Waals surface area (Å²) in [6.45, 7) is 0. The van der Waals surface area contributed by atoms with E-state index in [9.17, 15) is 5.11 Å². The lowest BCUT2D eigenvalue weighted by Crippen LogP contribution is -2.12. The molecule has 1 atom stereocenters. The Bertz CT molecular complexity index is 575. The van der Waals surface area contributed by atoms with Crippen LogP contribution < -0.4 is 4.90 Å². The van der Waals surface area contributed by atoms with Gasteiger partial charge in [0.15, 0.2) is 0 Å². The Labute approximate surface area is 101 Å². The van der Waals surface area contributed by atoms with Crippen LogP contribution in [0.25, 0.3) is 11.1 Å². The first-order chi connectivity index (χ1) is 8.20. The largest absolute Gasteiger partial charge is 0.384 e. The fourth-order valence-electron chi connectivity index (χ4n) is 2.60. The third-order valence-electron chi connectivity index (χ3n) is 3.38. The van der Waals surface area contributed by atoms with Crippen LogP contribution in [0.15, 0.2) is 42.5 Å². The Morgan fingerprint density at radius 3 is 2.41 bits per heavy atom. The van der Waals surface area contributed by atoms with E-state index in [4.69, 9.17) is 0 Å². The number of hydrogen-bond donors (Lipinski definition) is 1. The molecule has 2 nitrogen and oxygen atoms in total. The number of anilines is 1. The van der Waals surface area contributed by atoms with Crippen molar-refractivity contribution in [2.45, 2.75) is 6.10 Å². The van der Waals surface area contributed by atoms with Crippen LogP contribution >= 0.6 is 0 Å². The molecule has 0 heterocycles. The van der Waals surface area contributed by atoms with Crippen LogP contribution in [0.2, 0.25) is 0 Å².